The lowest BCUT2D eigenvalue weighted by atomic mass is 10.0. The van der Waals surface area contributed by atoms with E-state index in [1.54, 1.807) is 54.9 Å². The molecule has 34 heavy (non-hydrogen) atoms. The summed E-state index contributed by atoms with van der Waals surface area (Å²) in [6.45, 7) is 1.92. The highest BCUT2D eigenvalue weighted by Crippen LogP contribution is 2.32. The van der Waals surface area contributed by atoms with Crippen molar-refractivity contribution >= 4 is 31.6 Å². The topological polar surface area (TPSA) is 114 Å². The van der Waals surface area contributed by atoms with Gasteiger partial charge in [-0.3, -0.25) is 14.5 Å². The fourth-order valence-corrected chi connectivity index (χ4v) is 4.26. The Bertz CT molecular complexity index is 1490. The van der Waals surface area contributed by atoms with Crippen molar-refractivity contribution in [3.8, 4) is 22.4 Å². The lowest BCUT2D eigenvalue weighted by Gasteiger charge is -2.10. The molecule has 2 aromatic carbocycles. The molecule has 4 rings (SSSR count). The van der Waals surface area contributed by atoms with E-state index in [0.717, 1.165) is 28.1 Å². The molecule has 0 aliphatic rings. The fraction of sp³-hybridized carbons (Fsp3) is 0.0833. The molecule has 2 aromatic heterocycles. The highest BCUT2D eigenvalue weighted by atomic mass is 35.5. The summed E-state index contributed by atoms with van der Waals surface area (Å²) in [5.41, 5.74) is 4.21. The molecule has 0 aliphatic carbocycles. The lowest BCUT2D eigenvalue weighted by molar-refractivity contribution is 0.483. The summed E-state index contributed by atoms with van der Waals surface area (Å²) in [7, 11) is -7.23. The van der Waals surface area contributed by atoms with Crippen LogP contribution in [0.4, 0.5) is 0 Å². The highest BCUT2D eigenvalue weighted by molar-refractivity contribution is 7.90. The van der Waals surface area contributed by atoms with Crippen molar-refractivity contribution in [3.63, 3.8) is 0 Å². The number of aryl methyl sites for hydroxylation is 1. The largest absolute Gasteiger partial charge is 0.294 e. The average molecular weight is 517 g/mol. The summed E-state index contributed by atoms with van der Waals surface area (Å²) in [4.78, 5) is 8.95. The molecule has 0 unspecified atom stereocenters. The maximum absolute atomic E-state index is 11.6. The van der Waals surface area contributed by atoms with Gasteiger partial charge >= 0.3 is 0 Å². The molecule has 0 radical (unpaired) electrons. The maximum Gasteiger partial charge on any atom is 0.294 e. The number of aromatic nitrogens is 2. The normalized spacial score (nSPS) is 11.4. The zero-order valence-corrected chi connectivity index (χ0v) is 20.6. The van der Waals surface area contributed by atoms with Crippen LogP contribution in [0.5, 0.6) is 0 Å². The second-order valence-corrected chi connectivity index (χ2v) is 11.2. The van der Waals surface area contributed by atoms with Crippen molar-refractivity contribution in [1.82, 2.24) is 9.97 Å². The Hall–Kier alpha value is -3.11. The van der Waals surface area contributed by atoms with Crippen LogP contribution in [-0.2, 0) is 20.0 Å². The number of benzene rings is 2. The van der Waals surface area contributed by atoms with Crippen LogP contribution < -0.4 is 0 Å². The average Bonchev–Trinajstić information content (AvgIpc) is 2.80. The van der Waals surface area contributed by atoms with E-state index >= 15 is 0 Å². The van der Waals surface area contributed by atoms with Crippen LogP contribution >= 0.6 is 11.6 Å². The summed E-state index contributed by atoms with van der Waals surface area (Å²) in [5.74, 6) is 0. The molecule has 0 spiro atoms. The number of rotatable bonds is 4. The van der Waals surface area contributed by atoms with Crippen molar-refractivity contribution in [2.75, 3.05) is 6.26 Å². The molecule has 0 saturated heterocycles. The van der Waals surface area contributed by atoms with Gasteiger partial charge in [0.15, 0.2) is 9.84 Å². The summed E-state index contributed by atoms with van der Waals surface area (Å²) < 4.78 is 52.5. The number of halogens is 1. The van der Waals surface area contributed by atoms with Crippen LogP contribution in [0.3, 0.4) is 0 Å². The van der Waals surface area contributed by atoms with Crippen LogP contribution in [0, 0.1) is 6.92 Å². The van der Waals surface area contributed by atoms with Crippen LogP contribution in [0.1, 0.15) is 5.69 Å². The molecule has 0 aliphatic heterocycles. The second kappa shape index (κ2) is 10.4. The summed E-state index contributed by atoms with van der Waals surface area (Å²) in [5, 5.41) is 0.515. The third-order valence-corrected chi connectivity index (χ3v) is 6.88. The second-order valence-electron chi connectivity index (χ2n) is 7.32. The minimum Gasteiger partial charge on any atom is -0.282 e. The Balaban J connectivity index is 0.000000271. The summed E-state index contributed by atoms with van der Waals surface area (Å²) in [6.07, 6.45) is 4.54. The number of hydrogen-bond acceptors (Lipinski definition) is 6. The molecule has 4 aromatic rings. The standard InChI is InChI=1S/C18H15ClN2O2S.C6H6O3S/c1-12-3-4-14(10-20-12)18-17(9-15(19)11-21-18)13-5-7-16(8-6-13)24(2,22)23;7-10(8,9)6-4-2-1-3-5-6/h3-11H,1-2H3;1-5H,(H,7,8,9). The molecule has 0 fully saturated rings. The minimum atomic E-state index is -4.00. The smallest absolute Gasteiger partial charge is 0.282 e. The molecule has 10 heteroatoms. The molecule has 2 heterocycles. The van der Waals surface area contributed by atoms with Crippen LogP contribution in [-0.4, -0.2) is 37.6 Å². The van der Waals surface area contributed by atoms with Gasteiger partial charge in [-0.2, -0.15) is 8.42 Å². The van der Waals surface area contributed by atoms with Gasteiger partial charge in [-0.1, -0.05) is 41.9 Å². The molecular formula is C24H21ClN2O5S2. The van der Waals surface area contributed by atoms with Gasteiger partial charge in [-0.15, -0.1) is 0 Å². The van der Waals surface area contributed by atoms with E-state index in [2.05, 4.69) is 9.97 Å². The van der Waals surface area contributed by atoms with Gasteiger partial charge in [0.1, 0.15) is 0 Å². The predicted molar refractivity (Wildman–Crippen MR) is 132 cm³/mol. The van der Waals surface area contributed by atoms with Crippen molar-refractivity contribution in [3.05, 3.63) is 95.9 Å². The van der Waals surface area contributed by atoms with E-state index in [4.69, 9.17) is 16.2 Å². The molecule has 176 valence electrons. The SMILES string of the molecule is Cc1ccc(-c2ncc(Cl)cc2-c2ccc(S(C)(=O)=O)cc2)cn1.O=S(=O)(O)c1ccccc1. The first-order valence-electron chi connectivity index (χ1n) is 9.87. The van der Waals surface area contributed by atoms with E-state index in [9.17, 15) is 16.8 Å². The zero-order valence-electron chi connectivity index (χ0n) is 18.3. The molecule has 0 amide bonds. The first-order valence-corrected chi connectivity index (χ1v) is 13.6. The quantitative estimate of drug-likeness (QED) is 0.375. The number of pyridine rings is 2. The van der Waals surface area contributed by atoms with Gasteiger partial charge in [0.2, 0.25) is 0 Å². The predicted octanol–water partition coefficient (Wildman–Crippen LogP) is 5.11. The molecule has 0 atom stereocenters. The Morgan fingerprint density at radius 2 is 1.38 bits per heavy atom. The Kier molecular flexibility index (Phi) is 7.83. The van der Waals surface area contributed by atoms with Crippen LogP contribution in [0.2, 0.25) is 5.02 Å². The molecular weight excluding hydrogens is 496 g/mol. The third-order valence-electron chi connectivity index (χ3n) is 4.67. The first-order chi connectivity index (χ1) is 15.9. The van der Waals surface area contributed by atoms with Crippen molar-refractivity contribution < 1.29 is 21.4 Å². The first kappa shape index (κ1) is 25.5. The summed E-state index contributed by atoms with van der Waals surface area (Å²) in [6, 6.07) is 19.8. The number of hydrogen-bond donors (Lipinski definition) is 1. The van der Waals surface area contributed by atoms with E-state index < -0.39 is 20.0 Å². The Morgan fingerprint density at radius 3 is 1.88 bits per heavy atom. The van der Waals surface area contributed by atoms with E-state index in [1.165, 1.54) is 18.4 Å². The van der Waals surface area contributed by atoms with E-state index in [0.29, 0.717) is 5.02 Å². The van der Waals surface area contributed by atoms with Crippen molar-refractivity contribution in [2.24, 2.45) is 0 Å². The monoisotopic (exact) mass is 516 g/mol. The molecule has 0 saturated carbocycles. The van der Waals surface area contributed by atoms with Gasteiger partial charge in [-0.05, 0) is 55.0 Å². The number of nitrogens with zero attached hydrogens (tertiary/aromatic N) is 2. The van der Waals surface area contributed by atoms with Gasteiger partial charge in [-0.25, -0.2) is 8.42 Å². The lowest BCUT2D eigenvalue weighted by Crippen LogP contribution is -1.97. The van der Waals surface area contributed by atoms with Gasteiger partial charge < -0.3 is 0 Å². The van der Waals surface area contributed by atoms with Crippen molar-refractivity contribution in [2.45, 2.75) is 16.7 Å². The molecule has 1 N–H and O–H groups in total. The highest BCUT2D eigenvalue weighted by Gasteiger charge is 2.12. The molecule has 7 nitrogen and oxygen atoms in total. The Labute approximate surface area is 203 Å². The number of sulfone groups is 1. The van der Waals surface area contributed by atoms with Gasteiger partial charge in [0, 0.05) is 35.5 Å². The molecule has 0 bridgehead atoms. The maximum atomic E-state index is 11.6. The fourth-order valence-electron chi connectivity index (χ4n) is 2.97. The minimum absolute atomic E-state index is 0.0741. The van der Waals surface area contributed by atoms with Crippen LogP contribution in [0.25, 0.3) is 22.4 Å². The van der Waals surface area contributed by atoms with E-state index in [1.807, 2.05) is 25.1 Å². The zero-order chi connectivity index (χ0) is 24.9. The third kappa shape index (κ3) is 6.71. The van der Waals surface area contributed by atoms with E-state index in [-0.39, 0.29) is 9.79 Å². The Morgan fingerprint density at radius 1 is 0.765 bits per heavy atom. The van der Waals surface area contributed by atoms with Gasteiger partial charge in [0.25, 0.3) is 10.1 Å². The van der Waals surface area contributed by atoms with Crippen LogP contribution in [0.15, 0.2) is 95.0 Å². The van der Waals surface area contributed by atoms with Gasteiger partial charge in [0.05, 0.1) is 20.5 Å². The van der Waals surface area contributed by atoms with Crippen molar-refractivity contribution in [1.29, 1.82) is 0 Å². The summed E-state index contributed by atoms with van der Waals surface area (Å²) >= 11 is 6.11.